The van der Waals surface area contributed by atoms with Crippen molar-refractivity contribution in [2.45, 2.75) is 178 Å². The van der Waals surface area contributed by atoms with E-state index in [0.29, 0.717) is 43.8 Å². The van der Waals surface area contributed by atoms with Crippen molar-refractivity contribution in [1.82, 2.24) is 10.2 Å². The molecular weight excluding hydrogens is 733 g/mol. The highest BCUT2D eigenvalue weighted by Gasteiger charge is 2.71. The first kappa shape index (κ1) is 45.1. The zero-order chi connectivity index (χ0) is 43.0. The number of carbonyl (C=O) groups excluding carboxylic acids is 3. The van der Waals surface area contributed by atoms with Crippen LogP contribution in [0.25, 0.3) is 0 Å². The van der Waals surface area contributed by atoms with Gasteiger partial charge in [-0.05, 0) is 150 Å². The molecular formula is C48H78N2O8. The average Bonchev–Trinajstić information content (AvgIpc) is 3.84. The van der Waals surface area contributed by atoms with Crippen molar-refractivity contribution in [2.24, 2.45) is 62.1 Å². The molecule has 6 aliphatic rings. The number of amides is 1. The summed E-state index contributed by atoms with van der Waals surface area (Å²) in [4.78, 5) is 54.0. The summed E-state index contributed by atoms with van der Waals surface area (Å²) in [5.41, 5.74) is -0.317. The molecule has 0 aromatic carbocycles. The van der Waals surface area contributed by atoms with Gasteiger partial charge >= 0.3 is 18.0 Å². The van der Waals surface area contributed by atoms with Crippen molar-refractivity contribution in [3.63, 3.8) is 0 Å². The quantitative estimate of drug-likeness (QED) is 0.155. The van der Waals surface area contributed by atoms with Gasteiger partial charge in [0.2, 0.25) is 0 Å². The highest BCUT2D eigenvalue weighted by Crippen LogP contribution is 2.77. The summed E-state index contributed by atoms with van der Waals surface area (Å²) >= 11 is 0. The van der Waals surface area contributed by atoms with E-state index < -0.39 is 40.6 Å². The molecule has 0 aliphatic heterocycles. The molecule has 9 atom stereocenters. The molecule has 0 heterocycles. The Hall–Kier alpha value is -2.46. The predicted octanol–water partition coefficient (Wildman–Crippen LogP) is 8.98. The Morgan fingerprint density at radius 2 is 1.55 bits per heavy atom. The van der Waals surface area contributed by atoms with E-state index in [1.165, 1.54) is 18.4 Å². The number of aliphatic carboxylic acids is 1. The van der Waals surface area contributed by atoms with Gasteiger partial charge in [-0.3, -0.25) is 19.3 Å². The summed E-state index contributed by atoms with van der Waals surface area (Å²) in [7, 11) is 0. The minimum Gasteiger partial charge on any atom is -0.481 e. The van der Waals surface area contributed by atoms with Crippen LogP contribution in [-0.2, 0) is 23.9 Å². The van der Waals surface area contributed by atoms with Gasteiger partial charge in [-0.15, -0.1) is 0 Å². The molecule has 10 nitrogen and oxygen atoms in total. The zero-order valence-electron chi connectivity index (χ0n) is 38.1. The summed E-state index contributed by atoms with van der Waals surface area (Å²) < 4.78 is 11.7. The second kappa shape index (κ2) is 15.5. The van der Waals surface area contributed by atoms with Gasteiger partial charge in [0.15, 0.2) is 5.78 Å². The lowest BCUT2D eigenvalue weighted by molar-refractivity contribution is -0.235. The average molecular weight is 811 g/mol. The standard InChI is InChI=1S/C48H78N2O8/c1-29(2)38-32(51)25-48(35(52)28-50(27-30-13-14-30)24-23-49-41(56)58-42(3,4)5)22-21-46(11)31(39(38)48)15-16-34-45(10)19-18-36(57-37(53)26-43(6,7)40(54)55)44(8,9)33(45)17-20-47(34,46)12/h29-31,33-36,52H,13-28H2,1-12H3,(H,49,56)(H,54,55). The lowest BCUT2D eigenvalue weighted by Crippen LogP contribution is -2.66. The molecule has 3 N–H and O–H groups in total. The molecule has 328 valence electrons. The second-order valence-corrected chi connectivity index (χ2v) is 23.2. The number of aliphatic hydroxyl groups excluding tert-OH is 1. The highest BCUT2D eigenvalue weighted by molar-refractivity contribution is 6.00. The van der Waals surface area contributed by atoms with Crippen LogP contribution in [0.15, 0.2) is 11.1 Å². The number of ketones is 1. The van der Waals surface area contributed by atoms with Crippen LogP contribution in [0.5, 0.6) is 0 Å². The fourth-order valence-corrected chi connectivity index (χ4v) is 13.9. The molecule has 5 fully saturated rings. The Labute approximate surface area is 349 Å². The van der Waals surface area contributed by atoms with Crippen LogP contribution >= 0.6 is 0 Å². The van der Waals surface area contributed by atoms with Crippen LogP contribution in [0.4, 0.5) is 4.79 Å². The third-order valence-electron chi connectivity index (χ3n) is 17.2. The van der Waals surface area contributed by atoms with E-state index in [2.05, 4.69) is 58.7 Å². The van der Waals surface area contributed by atoms with Gasteiger partial charge in [-0.2, -0.15) is 0 Å². The number of carboxylic acids is 1. The van der Waals surface area contributed by atoms with Crippen LogP contribution in [0.3, 0.4) is 0 Å². The van der Waals surface area contributed by atoms with E-state index in [1.54, 1.807) is 13.8 Å². The smallest absolute Gasteiger partial charge is 0.407 e. The molecule has 6 aliphatic carbocycles. The summed E-state index contributed by atoms with van der Waals surface area (Å²) in [5, 5.41) is 25.2. The number of alkyl carbamates (subject to hydrolysis) is 1. The molecule has 58 heavy (non-hydrogen) atoms. The van der Waals surface area contributed by atoms with E-state index in [4.69, 9.17) is 9.47 Å². The maximum Gasteiger partial charge on any atom is 0.407 e. The van der Waals surface area contributed by atoms with Crippen LogP contribution in [0.2, 0.25) is 0 Å². The number of nitrogens with zero attached hydrogens (tertiary/aromatic N) is 1. The molecule has 6 rings (SSSR count). The lowest BCUT2D eigenvalue weighted by Gasteiger charge is -2.72. The van der Waals surface area contributed by atoms with Crippen LogP contribution < -0.4 is 5.32 Å². The van der Waals surface area contributed by atoms with Crippen molar-refractivity contribution >= 4 is 23.8 Å². The molecule has 9 unspecified atom stereocenters. The van der Waals surface area contributed by atoms with Crippen molar-refractivity contribution in [2.75, 3.05) is 26.2 Å². The van der Waals surface area contributed by atoms with E-state index in [0.717, 1.165) is 63.5 Å². The van der Waals surface area contributed by atoms with Gasteiger partial charge in [0.25, 0.3) is 0 Å². The summed E-state index contributed by atoms with van der Waals surface area (Å²) in [6.45, 7) is 27.6. The third-order valence-corrected chi connectivity index (χ3v) is 17.2. The molecule has 10 heteroatoms. The van der Waals surface area contributed by atoms with E-state index in [9.17, 15) is 29.4 Å². The van der Waals surface area contributed by atoms with Crippen molar-refractivity contribution in [1.29, 1.82) is 0 Å². The number of rotatable bonds is 13. The van der Waals surface area contributed by atoms with Crippen LogP contribution in [0.1, 0.15) is 160 Å². The predicted molar refractivity (Wildman–Crippen MR) is 225 cm³/mol. The Morgan fingerprint density at radius 3 is 2.16 bits per heavy atom. The zero-order valence-corrected chi connectivity index (χ0v) is 38.1. The van der Waals surface area contributed by atoms with Gasteiger partial charge in [-0.1, -0.05) is 54.0 Å². The van der Waals surface area contributed by atoms with E-state index in [-0.39, 0.29) is 51.8 Å². The number of allylic oxidation sites excluding steroid dienone is 1. The molecule has 0 bridgehead atoms. The molecule has 0 aromatic rings. The first-order valence-electron chi connectivity index (χ1n) is 22.8. The number of esters is 1. The third kappa shape index (κ3) is 7.93. The molecule has 5 saturated carbocycles. The minimum absolute atomic E-state index is 0.0233. The summed E-state index contributed by atoms with van der Waals surface area (Å²) in [5.74, 6) is 0.516. The molecule has 0 aromatic heterocycles. The topological polar surface area (TPSA) is 142 Å². The van der Waals surface area contributed by atoms with Crippen molar-refractivity contribution < 1.29 is 38.9 Å². The van der Waals surface area contributed by atoms with Crippen LogP contribution in [0, 0.1) is 62.1 Å². The van der Waals surface area contributed by atoms with Gasteiger partial charge in [0.1, 0.15) is 11.7 Å². The summed E-state index contributed by atoms with van der Waals surface area (Å²) in [6, 6.07) is 0. The fraction of sp³-hybridized carbons (Fsp3) is 0.875. The number of carbonyl (C=O) groups is 4. The highest BCUT2D eigenvalue weighted by atomic mass is 16.6. The molecule has 0 saturated heterocycles. The Bertz CT molecular complexity index is 1660. The monoisotopic (exact) mass is 811 g/mol. The van der Waals surface area contributed by atoms with E-state index >= 15 is 0 Å². The number of nitrogens with one attached hydrogen (secondary N) is 1. The van der Waals surface area contributed by atoms with Gasteiger partial charge in [0.05, 0.1) is 17.9 Å². The van der Waals surface area contributed by atoms with Crippen molar-refractivity contribution in [3.8, 4) is 0 Å². The van der Waals surface area contributed by atoms with Crippen molar-refractivity contribution in [3.05, 3.63) is 11.1 Å². The lowest BCUT2D eigenvalue weighted by atomic mass is 9.33. The normalized spacial score (nSPS) is 36.4. The number of aliphatic hydroxyl groups is 1. The number of ether oxygens (including phenoxy) is 2. The maximum atomic E-state index is 14.3. The number of hydrogen-bond donors (Lipinski definition) is 3. The second-order valence-electron chi connectivity index (χ2n) is 23.2. The maximum absolute atomic E-state index is 14.3. The van der Waals surface area contributed by atoms with Gasteiger partial charge in [-0.25, -0.2) is 4.79 Å². The number of carboxylic acid groups (broad SMARTS) is 1. The first-order chi connectivity index (χ1) is 26.7. The number of fused-ring (bicyclic) bond motifs is 7. The van der Waals surface area contributed by atoms with E-state index in [1.807, 2.05) is 20.8 Å². The Balaban J connectivity index is 1.24. The number of hydrogen-bond acceptors (Lipinski definition) is 8. The SMILES string of the molecule is CC(C)C1=C2C3CCC4C5(C)CCC(OC(=O)CC(C)(C)C(=O)O)C(C)(C)C5CCC4(C)C3(C)CCC2(C(O)CN(CCNC(=O)OC(C)(C)C)CC2CC2)CC1=O. The fourth-order valence-electron chi connectivity index (χ4n) is 13.9. The largest absolute Gasteiger partial charge is 0.481 e. The molecule has 1 amide bonds. The van der Waals surface area contributed by atoms with Gasteiger partial charge in [0, 0.05) is 43.4 Å². The first-order valence-corrected chi connectivity index (χ1v) is 22.8. The van der Waals surface area contributed by atoms with Gasteiger partial charge < -0.3 is 25.0 Å². The number of Topliss-reactive ketones (excluding diaryl/α,β-unsaturated/α-hetero) is 1. The molecule has 0 spiro atoms. The van der Waals surface area contributed by atoms with Crippen LogP contribution in [-0.4, -0.2) is 82.9 Å². The summed E-state index contributed by atoms with van der Waals surface area (Å²) in [6.07, 6.45) is 8.89. The Kier molecular flexibility index (Phi) is 12.0. The molecule has 0 radical (unpaired) electrons. The Morgan fingerprint density at radius 1 is 0.879 bits per heavy atom. The minimum atomic E-state index is -1.18.